The number of hydrogen-bond donors (Lipinski definition) is 1. The van der Waals surface area contributed by atoms with Crippen molar-refractivity contribution in [3.63, 3.8) is 0 Å². The first-order valence-electron chi connectivity index (χ1n) is 8.89. The maximum Gasteiger partial charge on any atom is 0.261 e. The van der Waals surface area contributed by atoms with E-state index in [0.29, 0.717) is 24.5 Å². The molecule has 0 bridgehead atoms. The maximum atomic E-state index is 12.8. The third kappa shape index (κ3) is 4.08. The number of methoxy groups -OCH3 is 1. The maximum absolute atomic E-state index is 12.8. The van der Waals surface area contributed by atoms with Gasteiger partial charge < -0.3 is 9.64 Å². The lowest BCUT2D eigenvalue weighted by atomic mass is 10.1. The smallest absolute Gasteiger partial charge is 0.261 e. The summed E-state index contributed by atoms with van der Waals surface area (Å²) in [6, 6.07) is 9.74. The van der Waals surface area contributed by atoms with Crippen molar-refractivity contribution in [1.82, 2.24) is 4.90 Å². The van der Waals surface area contributed by atoms with Gasteiger partial charge in [-0.25, -0.2) is 8.42 Å². The van der Waals surface area contributed by atoms with Crippen molar-refractivity contribution in [3.05, 3.63) is 53.1 Å². The first kappa shape index (κ1) is 19.2. The number of likely N-dealkylation sites (tertiary alicyclic amines) is 1. The summed E-state index contributed by atoms with van der Waals surface area (Å²) in [5.74, 6) is 0.171. The Bertz CT molecular complexity index is 964. The van der Waals surface area contributed by atoms with Crippen molar-refractivity contribution in [2.45, 2.75) is 31.6 Å². The summed E-state index contributed by atoms with van der Waals surface area (Å²) >= 11 is 0. The molecule has 1 amide bonds. The Morgan fingerprint density at radius 2 is 1.74 bits per heavy atom. The van der Waals surface area contributed by atoms with Crippen LogP contribution in [0.15, 0.2) is 41.3 Å². The zero-order chi connectivity index (χ0) is 19.6. The normalized spacial score (nSPS) is 14.3. The van der Waals surface area contributed by atoms with E-state index < -0.39 is 10.0 Å². The summed E-state index contributed by atoms with van der Waals surface area (Å²) in [6.07, 6.45) is 1.92. The molecule has 1 aliphatic heterocycles. The average Bonchev–Trinajstić information content (AvgIpc) is 3.18. The van der Waals surface area contributed by atoms with Gasteiger partial charge in [-0.3, -0.25) is 9.52 Å². The number of rotatable bonds is 5. The van der Waals surface area contributed by atoms with Gasteiger partial charge in [-0.2, -0.15) is 0 Å². The molecule has 2 aromatic rings. The molecular weight excluding hydrogens is 364 g/mol. The number of benzene rings is 2. The van der Waals surface area contributed by atoms with E-state index in [0.717, 1.165) is 24.0 Å². The minimum atomic E-state index is -3.82. The zero-order valence-corrected chi connectivity index (χ0v) is 16.6. The van der Waals surface area contributed by atoms with E-state index in [1.165, 1.54) is 25.3 Å². The second kappa shape index (κ2) is 7.60. The molecule has 1 saturated heterocycles. The third-order valence-electron chi connectivity index (χ3n) is 4.86. The summed E-state index contributed by atoms with van der Waals surface area (Å²) in [4.78, 5) is 14.5. The summed E-state index contributed by atoms with van der Waals surface area (Å²) in [7, 11) is -2.35. The van der Waals surface area contributed by atoms with Crippen LogP contribution in [0.2, 0.25) is 0 Å². The van der Waals surface area contributed by atoms with Gasteiger partial charge in [-0.15, -0.1) is 0 Å². The van der Waals surface area contributed by atoms with Crippen molar-refractivity contribution in [2.75, 3.05) is 24.9 Å². The van der Waals surface area contributed by atoms with Gasteiger partial charge >= 0.3 is 0 Å². The molecule has 1 N–H and O–H groups in total. The van der Waals surface area contributed by atoms with Crippen LogP contribution in [-0.4, -0.2) is 39.4 Å². The topological polar surface area (TPSA) is 75.7 Å². The van der Waals surface area contributed by atoms with Crippen molar-refractivity contribution in [3.8, 4) is 5.75 Å². The highest BCUT2D eigenvalue weighted by atomic mass is 32.2. The molecule has 0 spiro atoms. The first-order chi connectivity index (χ1) is 12.8. The second-order valence-electron chi connectivity index (χ2n) is 6.77. The lowest BCUT2D eigenvalue weighted by Crippen LogP contribution is -2.28. The molecule has 0 aliphatic carbocycles. The van der Waals surface area contributed by atoms with Crippen LogP contribution in [0.4, 0.5) is 5.69 Å². The third-order valence-corrected chi connectivity index (χ3v) is 6.24. The number of nitrogens with zero attached hydrogens (tertiary/aromatic N) is 1. The number of sulfonamides is 1. The number of ether oxygens (including phenoxy) is 1. The zero-order valence-electron chi connectivity index (χ0n) is 15.8. The van der Waals surface area contributed by atoms with E-state index in [1.54, 1.807) is 17.0 Å². The molecule has 0 atom stereocenters. The fourth-order valence-electron chi connectivity index (χ4n) is 3.13. The monoisotopic (exact) mass is 388 g/mol. The average molecular weight is 388 g/mol. The molecule has 0 radical (unpaired) electrons. The van der Waals surface area contributed by atoms with Crippen LogP contribution >= 0.6 is 0 Å². The molecule has 1 heterocycles. The molecule has 2 aromatic carbocycles. The Balaban J connectivity index is 1.94. The molecule has 1 aliphatic rings. The summed E-state index contributed by atoms with van der Waals surface area (Å²) in [5, 5.41) is 0. The predicted molar refractivity (Wildman–Crippen MR) is 105 cm³/mol. The van der Waals surface area contributed by atoms with Crippen LogP contribution in [0.1, 0.15) is 34.3 Å². The number of anilines is 1. The number of amides is 1. The summed E-state index contributed by atoms with van der Waals surface area (Å²) in [6.45, 7) is 5.25. The SMILES string of the molecule is COc1ccc(S(=O)(=O)Nc2ccc(C)c(C)c2)cc1C(=O)N1CCCC1. The number of carbonyl (C=O) groups excluding carboxylic acids is 1. The minimum Gasteiger partial charge on any atom is -0.496 e. The fraction of sp³-hybridized carbons (Fsp3) is 0.350. The Kier molecular flexibility index (Phi) is 5.41. The van der Waals surface area contributed by atoms with E-state index in [1.807, 2.05) is 19.9 Å². The molecule has 7 heteroatoms. The van der Waals surface area contributed by atoms with Crippen molar-refractivity contribution >= 4 is 21.6 Å². The van der Waals surface area contributed by atoms with Crippen molar-refractivity contribution in [1.29, 1.82) is 0 Å². The van der Waals surface area contributed by atoms with Crippen LogP contribution in [0.3, 0.4) is 0 Å². The van der Waals surface area contributed by atoms with Crippen LogP contribution in [0.5, 0.6) is 5.75 Å². The second-order valence-corrected chi connectivity index (χ2v) is 8.45. The quantitative estimate of drug-likeness (QED) is 0.852. The summed E-state index contributed by atoms with van der Waals surface area (Å²) in [5.41, 5.74) is 2.83. The van der Waals surface area contributed by atoms with Gasteiger partial charge in [0.25, 0.3) is 15.9 Å². The Labute approximate surface area is 160 Å². The van der Waals surface area contributed by atoms with Gasteiger partial charge in [-0.05, 0) is 68.1 Å². The Hall–Kier alpha value is -2.54. The molecule has 0 saturated carbocycles. The molecule has 144 valence electrons. The van der Waals surface area contributed by atoms with Crippen LogP contribution in [-0.2, 0) is 10.0 Å². The lowest BCUT2D eigenvalue weighted by molar-refractivity contribution is 0.0789. The van der Waals surface area contributed by atoms with Crippen LogP contribution in [0, 0.1) is 13.8 Å². The predicted octanol–water partition coefficient (Wildman–Crippen LogP) is 3.35. The largest absolute Gasteiger partial charge is 0.496 e. The molecule has 6 nitrogen and oxygen atoms in total. The van der Waals surface area contributed by atoms with Gasteiger partial charge in [0.2, 0.25) is 0 Å². The van der Waals surface area contributed by atoms with Crippen LogP contribution in [0.25, 0.3) is 0 Å². The fourth-order valence-corrected chi connectivity index (χ4v) is 4.21. The lowest BCUT2D eigenvalue weighted by Gasteiger charge is -2.18. The van der Waals surface area contributed by atoms with Crippen molar-refractivity contribution in [2.24, 2.45) is 0 Å². The minimum absolute atomic E-state index is 0.0316. The van der Waals surface area contributed by atoms with Gasteiger partial charge in [0.15, 0.2) is 0 Å². The molecule has 3 rings (SSSR count). The number of carbonyl (C=O) groups is 1. The van der Waals surface area contributed by atoms with Crippen LogP contribution < -0.4 is 9.46 Å². The highest BCUT2D eigenvalue weighted by Crippen LogP contribution is 2.27. The van der Waals surface area contributed by atoms with Gasteiger partial charge in [-0.1, -0.05) is 6.07 Å². The van der Waals surface area contributed by atoms with Gasteiger partial charge in [0, 0.05) is 18.8 Å². The van der Waals surface area contributed by atoms with Gasteiger partial charge in [0.05, 0.1) is 17.6 Å². The standard InChI is InChI=1S/C20H24N2O4S/c1-14-6-7-16(12-15(14)2)21-27(24,25)17-8-9-19(26-3)18(13-17)20(23)22-10-4-5-11-22/h6-9,12-13,21H,4-5,10-11H2,1-3H3. The molecular formula is C20H24N2O4S. The molecule has 27 heavy (non-hydrogen) atoms. The highest BCUT2D eigenvalue weighted by Gasteiger charge is 2.25. The van der Waals surface area contributed by atoms with E-state index >= 15 is 0 Å². The highest BCUT2D eigenvalue weighted by molar-refractivity contribution is 7.92. The van der Waals surface area contributed by atoms with E-state index in [9.17, 15) is 13.2 Å². The summed E-state index contributed by atoms with van der Waals surface area (Å²) < 4.78 is 33.5. The first-order valence-corrected chi connectivity index (χ1v) is 10.4. The molecule has 0 unspecified atom stereocenters. The molecule has 1 fully saturated rings. The van der Waals surface area contributed by atoms with E-state index in [4.69, 9.17) is 4.74 Å². The Morgan fingerprint density at radius 3 is 2.37 bits per heavy atom. The van der Waals surface area contributed by atoms with Crippen molar-refractivity contribution < 1.29 is 17.9 Å². The van der Waals surface area contributed by atoms with Gasteiger partial charge in [0.1, 0.15) is 5.75 Å². The number of hydrogen-bond acceptors (Lipinski definition) is 4. The van der Waals surface area contributed by atoms with E-state index in [2.05, 4.69) is 4.72 Å². The number of aryl methyl sites for hydroxylation is 2. The molecule has 0 aromatic heterocycles. The van der Waals surface area contributed by atoms with E-state index in [-0.39, 0.29) is 16.4 Å². The number of nitrogens with one attached hydrogen (secondary N) is 1. The Morgan fingerprint density at radius 1 is 1.04 bits per heavy atom.